The Morgan fingerprint density at radius 3 is 2.52 bits per heavy atom. The van der Waals surface area contributed by atoms with E-state index in [1.54, 1.807) is 0 Å². The molecule has 27 heavy (non-hydrogen) atoms. The lowest BCUT2D eigenvalue weighted by Crippen LogP contribution is -2.48. The first kappa shape index (κ1) is 17.6. The molecule has 0 radical (unpaired) electrons. The van der Waals surface area contributed by atoms with Crippen molar-refractivity contribution >= 4 is 11.8 Å². The van der Waals surface area contributed by atoms with Crippen LogP contribution in [0.5, 0.6) is 5.75 Å². The molecule has 2 aromatic rings. The molecule has 1 N–H and O–H groups in total. The Kier molecular flexibility index (Phi) is 4.84. The van der Waals surface area contributed by atoms with E-state index >= 15 is 0 Å². The SMILES string of the molecule is Cc1ccccc1C(=O)NC1CCN(C(=O)C2COc3ccccc32)CC1. The molecular formula is C22H24N2O3. The average molecular weight is 364 g/mol. The van der Waals surface area contributed by atoms with Gasteiger partial charge in [0.25, 0.3) is 5.91 Å². The zero-order valence-corrected chi connectivity index (χ0v) is 15.5. The van der Waals surface area contributed by atoms with Crippen molar-refractivity contribution in [1.29, 1.82) is 0 Å². The van der Waals surface area contributed by atoms with E-state index in [2.05, 4.69) is 5.32 Å². The number of aryl methyl sites for hydroxylation is 1. The molecule has 0 saturated carbocycles. The predicted octanol–water partition coefficient (Wildman–Crippen LogP) is 2.89. The maximum absolute atomic E-state index is 12.9. The molecule has 2 aliphatic heterocycles. The molecule has 0 aromatic heterocycles. The van der Waals surface area contributed by atoms with Crippen molar-refractivity contribution in [1.82, 2.24) is 10.2 Å². The van der Waals surface area contributed by atoms with Crippen LogP contribution in [0.3, 0.4) is 0 Å². The van der Waals surface area contributed by atoms with Gasteiger partial charge in [-0.15, -0.1) is 0 Å². The highest BCUT2D eigenvalue weighted by Gasteiger charge is 2.34. The van der Waals surface area contributed by atoms with Crippen LogP contribution in [0.25, 0.3) is 0 Å². The molecule has 1 saturated heterocycles. The number of hydrogen-bond acceptors (Lipinski definition) is 3. The number of ether oxygens (including phenoxy) is 1. The minimum atomic E-state index is -0.209. The van der Waals surface area contributed by atoms with Crippen molar-refractivity contribution < 1.29 is 14.3 Å². The van der Waals surface area contributed by atoms with Crippen molar-refractivity contribution in [3.05, 3.63) is 65.2 Å². The van der Waals surface area contributed by atoms with Gasteiger partial charge in [0.2, 0.25) is 5.91 Å². The third kappa shape index (κ3) is 3.54. The van der Waals surface area contributed by atoms with E-state index in [4.69, 9.17) is 4.74 Å². The second-order valence-corrected chi connectivity index (χ2v) is 7.29. The Labute approximate surface area is 159 Å². The fourth-order valence-corrected chi connectivity index (χ4v) is 3.92. The van der Waals surface area contributed by atoms with E-state index in [1.165, 1.54) is 0 Å². The van der Waals surface area contributed by atoms with Gasteiger partial charge in [-0.05, 0) is 37.5 Å². The van der Waals surface area contributed by atoms with E-state index in [-0.39, 0.29) is 23.8 Å². The number of para-hydroxylation sites is 1. The van der Waals surface area contributed by atoms with E-state index in [0.29, 0.717) is 19.7 Å². The van der Waals surface area contributed by atoms with Crippen molar-refractivity contribution in [2.45, 2.75) is 31.7 Å². The van der Waals surface area contributed by atoms with Crippen LogP contribution >= 0.6 is 0 Å². The third-order valence-corrected chi connectivity index (χ3v) is 5.53. The Hall–Kier alpha value is -2.82. The van der Waals surface area contributed by atoms with Crippen LogP contribution in [0.15, 0.2) is 48.5 Å². The van der Waals surface area contributed by atoms with Gasteiger partial charge in [-0.2, -0.15) is 0 Å². The van der Waals surface area contributed by atoms with Crippen molar-refractivity contribution in [2.75, 3.05) is 19.7 Å². The number of carbonyl (C=O) groups is 2. The van der Waals surface area contributed by atoms with Gasteiger partial charge in [0.05, 0.1) is 0 Å². The zero-order chi connectivity index (χ0) is 18.8. The number of fused-ring (bicyclic) bond motifs is 1. The summed E-state index contributed by atoms with van der Waals surface area (Å²) in [6.07, 6.45) is 1.55. The first-order valence-electron chi connectivity index (χ1n) is 9.50. The number of carbonyl (C=O) groups excluding carboxylic acids is 2. The molecule has 140 valence electrons. The van der Waals surface area contributed by atoms with Crippen LogP contribution in [0.1, 0.15) is 40.2 Å². The minimum Gasteiger partial charge on any atom is -0.492 e. The summed E-state index contributed by atoms with van der Waals surface area (Å²) in [6.45, 7) is 3.69. The Morgan fingerprint density at radius 1 is 1.04 bits per heavy atom. The van der Waals surface area contributed by atoms with Gasteiger partial charge in [-0.3, -0.25) is 9.59 Å². The molecule has 0 aliphatic carbocycles. The largest absolute Gasteiger partial charge is 0.492 e. The van der Waals surface area contributed by atoms with Crippen molar-refractivity contribution in [2.24, 2.45) is 0 Å². The van der Waals surface area contributed by atoms with Crippen LogP contribution in [-0.2, 0) is 4.79 Å². The lowest BCUT2D eigenvalue weighted by Gasteiger charge is -2.33. The number of hydrogen-bond donors (Lipinski definition) is 1. The normalized spacial score (nSPS) is 19.3. The predicted molar refractivity (Wildman–Crippen MR) is 103 cm³/mol. The van der Waals surface area contributed by atoms with Gasteiger partial charge in [-0.25, -0.2) is 0 Å². The quantitative estimate of drug-likeness (QED) is 0.911. The second kappa shape index (κ2) is 7.43. The zero-order valence-electron chi connectivity index (χ0n) is 15.5. The molecule has 5 heteroatoms. The number of nitrogens with one attached hydrogen (secondary N) is 1. The molecule has 1 atom stereocenters. The highest BCUT2D eigenvalue weighted by atomic mass is 16.5. The molecule has 2 aliphatic rings. The first-order chi connectivity index (χ1) is 13.1. The van der Waals surface area contributed by atoms with Crippen LogP contribution < -0.4 is 10.1 Å². The van der Waals surface area contributed by atoms with Crippen LogP contribution in [-0.4, -0.2) is 42.5 Å². The molecule has 0 spiro atoms. The smallest absolute Gasteiger partial charge is 0.251 e. The van der Waals surface area contributed by atoms with Gasteiger partial charge in [0.15, 0.2) is 0 Å². The molecule has 2 heterocycles. The Morgan fingerprint density at radius 2 is 1.74 bits per heavy atom. The monoisotopic (exact) mass is 364 g/mol. The molecule has 4 rings (SSSR count). The standard InChI is InChI=1S/C22H24N2O3/c1-15-6-2-3-7-17(15)21(25)23-16-10-12-24(13-11-16)22(26)19-14-27-20-9-5-4-8-18(19)20/h2-9,16,19H,10-14H2,1H3,(H,23,25). The van der Waals surface area contributed by atoms with Gasteiger partial charge in [0.1, 0.15) is 18.3 Å². The van der Waals surface area contributed by atoms with E-state index in [1.807, 2.05) is 60.4 Å². The first-order valence-corrected chi connectivity index (χ1v) is 9.50. The van der Waals surface area contributed by atoms with Gasteiger partial charge >= 0.3 is 0 Å². The van der Waals surface area contributed by atoms with Crippen LogP contribution in [0, 0.1) is 6.92 Å². The lowest BCUT2D eigenvalue weighted by molar-refractivity contribution is -0.134. The van der Waals surface area contributed by atoms with Crippen molar-refractivity contribution in [3.63, 3.8) is 0 Å². The van der Waals surface area contributed by atoms with Crippen LogP contribution in [0.4, 0.5) is 0 Å². The third-order valence-electron chi connectivity index (χ3n) is 5.53. The number of amides is 2. The number of piperidine rings is 1. The molecule has 1 fully saturated rings. The maximum atomic E-state index is 12.9. The molecule has 5 nitrogen and oxygen atoms in total. The fraction of sp³-hybridized carbons (Fsp3) is 0.364. The van der Waals surface area contributed by atoms with Crippen molar-refractivity contribution in [3.8, 4) is 5.75 Å². The van der Waals surface area contributed by atoms with Crippen LogP contribution in [0.2, 0.25) is 0 Å². The highest BCUT2D eigenvalue weighted by Crippen LogP contribution is 2.35. The number of likely N-dealkylation sites (tertiary alicyclic amines) is 1. The lowest BCUT2D eigenvalue weighted by atomic mass is 9.97. The summed E-state index contributed by atoms with van der Waals surface area (Å²) >= 11 is 0. The summed E-state index contributed by atoms with van der Waals surface area (Å²) in [4.78, 5) is 27.3. The summed E-state index contributed by atoms with van der Waals surface area (Å²) in [5.41, 5.74) is 2.68. The molecular weight excluding hydrogens is 340 g/mol. The topological polar surface area (TPSA) is 58.6 Å². The fourth-order valence-electron chi connectivity index (χ4n) is 3.92. The number of benzene rings is 2. The summed E-state index contributed by atoms with van der Waals surface area (Å²) in [5.74, 6) is 0.704. The summed E-state index contributed by atoms with van der Waals surface area (Å²) in [7, 11) is 0. The van der Waals surface area contributed by atoms with Gasteiger partial charge in [-0.1, -0.05) is 36.4 Å². The average Bonchev–Trinajstić information content (AvgIpc) is 3.12. The second-order valence-electron chi connectivity index (χ2n) is 7.29. The van der Waals surface area contributed by atoms with E-state index in [0.717, 1.165) is 35.3 Å². The molecule has 0 bridgehead atoms. The molecule has 2 aromatic carbocycles. The number of nitrogens with zero attached hydrogens (tertiary/aromatic N) is 1. The summed E-state index contributed by atoms with van der Waals surface area (Å²) in [5, 5.41) is 3.12. The summed E-state index contributed by atoms with van der Waals surface area (Å²) < 4.78 is 5.65. The number of rotatable bonds is 3. The minimum absolute atomic E-state index is 0.0315. The van der Waals surface area contributed by atoms with E-state index < -0.39 is 0 Å². The Balaban J connectivity index is 1.34. The molecule has 1 unspecified atom stereocenters. The Bertz CT molecular complexity index is 856. The van der Waals surface area contributed by atoms with E-state index in [9.17, 15) is 9.59 Å². The highest BCUT2D eigenvalue weighted by molar-refractivity contribution is 5.95. The summed E-state index contributed by atoms with van der Waals surface area (Å²) in [6, 6.07) is 15.5. The maximum Gasteiger partial charge on any atom is 0.251 e. The van der Waals surface area contributed by atoms with Gasteiger partial charge in [0, 0.05) is 30.3 Å². The molecule has 2 amide bonds. The van der Waals surface area contributed by atoms with Gasteiger partial charge < -0.3 is 15.0 Å².